The second kappa shape index (κ2) is 10.6. The van der Waals surface area contributed by atoms with Crippen LogP contribution < -0.4 is 0 Å². The smallest absolute Gasteiger partial charge is 0.306 e. The molecule has 0 radical (unpaired) electrons. The van der Waals surface area contributed by atoms with Crippen molar-refractivity contribution in [3.8, 4) is 0 Å². The third kappa shape index (κ3) is 7.77. The molecule has 0 aromatic carbocycles. The molecule has 0 aliphatic heterocycles. The minimum absolute atomic E-state index is 0.106. The summed E-state index contributed by atoms with van der Waals surface area (Å²) in [6.45, 7) is 19.3. The minimum atomic E-state index is -0.496. The average molecular weight is 413 g/mol. The van der Waals surface area contributed by atoms with E-state index in [2.05, 4.69) is 41.0 Å². The van der Waals surface area contributed by atoms with E-state index in [4.69, 9.17) is 4.74 Å². The van der Waals surface area contributed by atoms with Crippen LogP contribution in [-0.4, -0.2) is 30.4 Å². The Hall–Kier alpha value is -0.430. The number of carbonyl (C=O) groups is 2. The van der Waals surface area contributed by atoms with Gasteiger partial charge in [-0.25, -0.2) is 0 Å². The van der Waals surface area contributed by atoms with Crippen LogP contribution in [0.15, 0.2) is 0 Å². The molecule has 4 heteroatoms. The summed E-state index contributed by atoms with van der Waals surface area (Å²) in [5.74, 6) is 1.95. The van der Waals surface area contributed by atoms with E-state index in [1.54, 1.807) is 0 Å². The quantitative estimate of drug-likeness (QED) is 0.290. The Bertz CT molecular complexity index is 524. The molecule has 0 heterocycles. The van der Waals surface area contributed by atoms with E-state index in [1.807, 2.05) is 20.8 Å². The predicted molar refractivity (Wildman–Crippen MR) is 121 cm³/mol. The van der Waals surface area contributed by atoms with E-state index in [1.165, 1.54) is 25.7 Å². The standard InChI is InChI=1S/C24H45O3P/c1-10-21(25)27-24(6,7)16-17(2)19-12-11-13-20(14-19)23(4,5)15-18(3)22(26)28(8)9/h17-20H,10-16H2,1-9H3. The molecule has 0 bridgehead atoms. The molecule has 0 amide bonds. The molecule has 1 saturated carbocycles. The highest BCUT2D eigenvalue weighted by atomic mass is 31.1. The zero-order chi connectivity index (χ0) is 21.7. The summed E-state index contributed by atoms with van der Waals surface area (Å²) >= 11 is 0. The molecular formula is C24H45O3P. The lowest BCUT2D eigenvalue weighted by Crippen LogP contribution is -2.36. The van der Waals surface area contributed by atoms with Crippen molar-refractivity contribution in [2.24, 2.45) is 29.1 Å². The van der Waals surface area contributed by atoms with Gasteiger partial charge in [0, 0.05) is 12.3 Å². The van der Waals surface area contributed by atoms with Crippen LogP contribution in [0.5, 0.6) is 0 Å². The second-order valence-corrected chi connectivity index (χ2v) is 12.9. The van der Waals surface area contributed by atoms with Gasteiger partial charge >= 0.3 is 5.97 Å². The summed E-state index contributed by atoms with van der Waals surface area (Å²) in [5, 5.41) is 0. The molecule has 1 rings (SSSR count). The van der Waals surface area contributed by atoms with Crippen molar-refractivity contribution in [3.05, 3.63) is 0 Å². The lowest BCUT2D eigenvalue weighted by Gasteiger charge is -2.43. The maximum atomic E-state index is 12.4. The van der Waals surface area contributed by atoms with Gasteiger partial charge in [0.1, 0.15) is 5.60 Å². The minimum Gasteiger partial charge on any atom is -0.460 e. The zero-order valence-electron chi connectivity index (χ0n) is 19.9. The second-order valence-electron chi connectivity index (χ2n) is 10.7. The van der Waals surface area contributed by atoms with E-state index in [9.17, 15) is 9.59 Å². The van der Waals surface area contributed by atoms with Gasteiger partial charge in [-0.15, -0.1) is 0 Å². The highest BCUT2D eigenvalue weighted by molar-refractivity contribution is 7.73. The van der Waals surface area contributed by atoms with E-state index in [-0.39, 0.29) is 17.3 Å². The number of hydrogen-bond donors (Lipinski definition) is 0. The number of ether oxygens (including phenoxy) is 1. The van der Waals surface area contributed by atoms with Gasteiger partial charge in [0.2, 0.25) is 0 Å². The third-order valence-corrected chi connectivity index (χ3v) is 8.13. The Balaban J connectivity index is 2.71. The summed E-state index contributed by atoms with van der Waals surface area (Å²) in [6, 6.07) is 0. The van der Waals surface area contributed by atoms with Crippen LogP contribution in [0.1, 0.15) is 93.4 Å². The van der Waals surface area contributed by atoms with Crippen LogP contribution in [0.3, 0.4) is 0 Å². The zero-order valence-corrected chi connectivity index (χ0v) is 20.8. The molecular weight excluding hydrogens is 367 g/mol. The Kier molecular flexibility index (Phi) is 9.65. The van der Waals surface area contributed by atoms with Crippen molar-refractivity contribution in [3.63, 3.8) is 0 Å². The molecule has 1 aliphatic rings. The molecule has 0 N–H and O–H groups in total. The number of hydrogen-bond acceptors (Lipinski definition) is 3. The van der Waals surface area contributed by atoms with Crippen LogP contribution in [0.2, 0.25) is 0 Å². The van der Waals surface area contributed by atoms with Gasteiger partial charge < -0.3 is 4.74 Å². The molecule has 4 unspecified atom stereocenters. The summed E-state index contributed by atoms with van der Waals surface area (Å²) in [6.07, 6.45) is 7.41. The van der Waals surface area contributed by atoms with Crippen molar-refractivity contribution in [2.45, 2.75) is 99.0 Å². The first-order valence-corrected chi connectivity index (χ1v) is 13.5. The van der Waals surface area contributed by atoms with Gasteiger partial charge in [-0.05, 0) is 84.0 Å². The largest absolute Gasteiger partial charge is 0.460 e. The molecule has 1 aliphatic carbocycles. The summed E-state index contributed by atoms with van der Waals surface area (Å²) < 4.78 is 5.67. The SMILES string of the molecule is CCC(=O)OC(C)(C)CC(C)C1CCCC(C(C)(C)CC(C)C(=O)P(C)C)C1. The van der Waals surface area contributed by atoms with E-state index < -0.39 is 13.5 Å². The highest BCUT2D eigenvalue weighted by Crippen LogP contribution is 2.48. The maximum absolute atomic E-state index is 12.4. The van der Waals surface area contributed by atoms with Gasteiger partial charge in [-0.1, -0.05) is 47.5 Å². The highest BCUT2D eigenvalue weighted by Gasteiger charge is 2.38. The van der Waals surface area contributed by atoms with Gasteiger partial charge in [0.05, 0.1) is 0 Å². The topological polar surface area (TPSA) is 43.4 Å². The van der Waals surface area contributed by atoms with Crippen LogP contribution in [0.25, 0.3) is 0 Å². The summed E-state index contributed by atoms with van der Waals surface area (Å²) in [5.41, 5.74) is 0.265. The van der Waals surface area contributed by atoms with E-state index >= 15 is 0 Å². The average Bonchev–Trinajstić information content (AvgIpc) is 2.59. The third-order valence-electron chi connectivity index (χ3n) is 6.81. The Morgan fingerprint density at radius 3 is 2.21 bits per heavy atom. The lowest BCUT2D eigenvalue weighted by molar-refractivity contribution is -0.158. The fourth-order valence-corrected chi connectivity index (χ4v) is 6.27. The predicted octanol–water partition coefficient (Wildman–Crippen LogP) is 6.87. The Morgan fingerprint density at radius 2 is 1.68 bits per heavy atom. The first kappa shape index (κ1) is 25.6. The molecule has 28 heavy (non-hydrogen) atoms. The molecule has 1 fully saturated rings. The lowest BCUT2D eigenvalue weighted by atomic mass is 9.63. The Morgan fingerprint density at radius 1 is 1.07 bits per heavy atom. The maximum Gasteiger partial charge on any atom is 0.306 e. The molecule has 0 aromatic rings. The molecule has 3 nitrogen and oxygen atoms in total. The first-order valence-electron chi connectivity index (χ1n) is 11.2. The van der Waals surface area contributed by atoms with Crippen LogP contribution in [-0.2, 0) is 14.3 Å². The van der Waals surface area contributed by atoms with Crippen molar-refractivity contribution in [1.82, 2.24) is 0 Å². The van der Waals surface area contributed by atoms with Crippen molar-refractivity contribution in [2.75, 3.05) is 13.3 Å². The molecule has 4 atom stereocenters. The first-order chi connectivity index (χ1) is 12.8. The monoisotopic (exact) mass is 412 g/mol. The van der Waals surface area contributed by atoms with Crippen molar-refractivity contribution in [1.29, 1.82) is 0 Å². The molecule has 0 saturated heterocycles. The van der Waals surface area contributed by atoms with Crippen LogP contribution >= 0.6 is 7.92 Å². The van der Waals surface area contributed by atoms with Crippen LogP contribution in [0.4, 0.5) is 0 Å². The van der Waals surface area contributed by atoms with E-state index in [0.717, 1.165) is 12.8 Å². The van der Waals surface area contributed by atoms with Gasteiger partial charge in [-0.2, -0.15) is 0 Å². The summed E-state index contributed by atoms with van der Waals surface area (Å²) in [4.78, 5) is 24.2. The van der Waals surface area contributed by atoms with Gasteiger partial charge in [0.15, 0.2) is 5.52 Å². The normalized spacial score (nSPS) is 23.4. The summed E-state index contributed by atoms with van der Waals surface area (Å²) in [7, 11) is -0.496. The molecule has 0 aromatic heterocycles. The molecule has 0 spiro atoms. The molecule has 164 valence electrons. The number of rotatable bonds is 10. The van der Waals surface area contributed by atoms with Crippen molar-refractivity contribution < 1.29 is 14.3 Å². The number of carbonyl (C=O) groups excluding carboxylic acids is 2. The van der Waals surface area contributed by atoms with Gasteiger partial charge in [0.25, 0.3) is 0 Å². The van der Waals surface area contributed by atoms with Crippen molar-refractivity contribution >= 4 is 19.4 Å². The Labute approximate surface area is 175 Å². The number of esters is 1. The fourth-order valence-electron chi connectivity index (χ4n) is 5.30. The fraction of sp³-hybridized carbons (Fsp3) is 0.917. The van der Waals surface area contributed by atoms with E-state index in [0.29, 0.717) is 29.7 Å². The van der Waals surface area contributed by atoms with Crippen LogP contribution in [0, 0.1) is 29.1 Å². The van der Waals surface area contributed by atoms with Gasteiger partial charge in [-0.3, -0.25) is 9.59 Å².